The Hall–Kier alpha value is -2.74. The fourth-order valence-electron chi connectivity index (χ4n) is 2.35. The second kappa shape index (κ2) is 6.17. The fraction of sp³-hybridized carbons (Fsp3) is 0.267. The van der Waals surface area contributed by atoms with Crippen LogP contribution < -0.4 is 0 Å². The van der Waals surface area contributed by atoms with Gasteiger partial charge in [-0.25, -0.2) is 9.18 Å². The third-order valence-corrected chi connectivity index (χ3v) is 3.58. The first kappa shape index (κ1) is 15.2. The molecule has 1 unspecified atom stereocenters. The van der Waals surface area contributed by atoms with Gasteiger partial charge in [0, 0.05) is 12.1 Å². The maximum Gasteiger partial charge on any atom is 0.334 e. The van der Waals surface area contributed by atoms with Gasteiger partial charge >= 0.3 is 5.97 Å². The number of nitrogens with zero attached hydrogens (tertiary/aromatic N) is 2. The number of hydrogen-bond donors (Lipinski definition) is 2. The quantitative estimate of drug-likeness (QED) is 0.884. The Bertz CT molecular complexity index is 729. The molecular formula is C15H14FN3O4. The molecule has 1 aliphatic heterocycles. The molecule has 0 aliphatic carbocycles. The average molecular weight is 319 g/mol. The molecule has 8 heteroatoms. The van der Waals surface area contributed by atoms with Crippen LogP contribution in [0.25, 0.3) is 11.3 Å². The summed E-state index contributed by atoms with van der Waals surface area (Å²) >= 11 is 0. The van der Waals surface area contributed by atoms with Gasteiger partial charge in [-0.3, -0.25) is 9.89 Å². The van der Waals surface area contributed by atoms with Crippen LogP contribution in [0.2, 0.25) is 0 Å². The van der Waals surface area contributed by atoms with Crippen LogP contribution in [0, 0.1) is 5.82 Å². The minimum atomic E-state index is -1.10. The minimum absolute atomic E-state index is 0.0148. The van der Waals surface area contributed by atoms with Crippen molar-refractivity contribution in [2.75, 3.05) is 19.7 Å². The van der Waals surface area contributed by atoms with Crippen LogP contribution in [0.5, 0.6) is 0 Å². The lowest BCUT2D eigenvalue weighted by Gasteiger charge is -2.30. The van der Waals surface area contributed by atoms with Crippen LogP contribution in [-0.4, -0.2) is 57.9 Å². The molecule has 7 nitrogen and oxygen atoms in total. The number of benzene rings is 1. The zero-order chi connectivity index (χ0) is 16.4. The van der Waals surface area contributed by atoms with E-state index in [9.17, 15) is 14.0 Å². The zero-order valence-corrected chi connectivity index (χ0v) is 12.0. The number of aromatic nitrogens is 2. The third-order valence-electron chi connectivity index (χ3n) is 3.58. The van der Waals surface area contributed by atoms with Crippen molar-refractivity contribution < 1.29 is 23.8 Å². The highest BCUT2D eigenvalue weighted by atomic mass is 19.1. The first-order valence-corrected chi connectivity index (χ1v) is 6.99. The molecule has 1 fully saturated rings. The summed E-state index contributed by atoms with van der Waals surface area (Å²) in [6, 6.07) is 7.31. The number of aromatic amines is 1. The lowest BCUT2D eigenvalue weighted by Crippen LogP contribution is -2.48. The lowest BCUT2D eigenvalue weighted by atomic mass is 10.1. The van der Waals surface area contributed by atoms with E-state index in [-0.39, 0.29) is 30.6 Å². The van der Waals surface area contributed by atoms with Gasteiger partial charge in [-0.05, 0) is 30.3 Å². The van der Waals surface area contributed by atoms with Crippen LogP contribution in [-0.2, 0) is 9.53 Å². The van der Waals surface area contributed by atoms with E-state index in [2.05, 4.69) is 10.2 Å². The summed E-state index contributed by atoms with van der Waals surface area (Å²) in [4.78, 5) is 24.8. The second-order valence-electron chi connectivity index (χ2n) is 5.12. The molecule has 1 aromatic heterocycles. The van der Waals surface area contributed by atoms with Gasteiger partial charge in [0.05, 0.1) is 18.8 Å². The van der Waals surface area contributed by atoms with Gasteiger partial charge in [0.1, 0.15) is 11.5 Å². The smallest absolute Gasteiger partial charge is 0.334 e. The molecule has 0 saturated carbocycles. The number of morpholine rings is 1. The molecule has 0 spiro atoms. The van der Waals surface area contributed by atoms with E-state index >= 15 is 0 Å². The summed E-state index contributed by atoms with van der Waals surface area (Å²) in [7, 11) is 0. The first-order chi connectivity index (χ1) is 11.0. The van der Waals surface area contributed by atoms with Crippen molar-refractivity contribution in [2.45, 2.75) is 6.10 Å². The maximum absolute atomic E-state index is 12.9. The molecule has 1 aromatic carbocycles. The molecule has 1 aliphatic rings. The fourth-order valence-corrected chi connectivity index (χ4v) is 2.35. The number of carbonyl (C=O) groups excluding carboxylic acids is 1. The summed E-state index contributed by atoms with van der Waals surface area (Å²) in [5.74, 6) is -1.80. The van der Waals surface area contributed by atoms with Gasteiger partial charge in [0.15, 0.2) is 6.10 Å². The van der Waals surface area contributed by atoms with E-state index in [1.165, 1.54) is 17.0 Å². The Kier molecular flexibility index (Phi) is 4.07. The summed E-state index contributed by atoms with van der Waals surface area (Å²) in [5.41, 5.74) is 1.43. The Morgan fingerprint density at radius 2 is 2.09 bits per heavy atom. The molecule has 1 amide bonds. The number of carboxylic acids is 1. The van der Waals surface area contributed by atoms with Crippen LogP contribution in [0.3, 0.4) is 0 Å². The molecule has 2 aromatic rings. The normalized spacial score (nSPS) is 18.0. The minimum Gasteiger partial charge on any atom is -0.479 e. The number of amides is 1. The standard InChI is InChI=1S/C15H14FN3O4/c16-10-3-1-9(2-4-10)11-7-12(18-17-11)14(20)19-5-6-23-13(8-19)15(21)22/h1-4,7,13H,5-6,8H2,(H,17,18)(H,21,22). The van der Waals surface area contributed by atoms with Crippen molar-refractivity contribution in [3.63, 3.8) is 0 Å². The number of hydrogen-bond acceptors (Lipinski definition) is 4. The molecule has 120 valence electrons. The molecular weight excluding hydrogens is 305 g/mol. The van der Waals surface area contributed by atoms with Crippen molar-refractivity contribution in [3.8, 4) is 11.3 Å². The first-order valence-electron chi connectivity index (χ1n) is 6.99. The predicted molar refractivity (Wildman–Crippen MR) is 77.3 cm³/mol. The topological polar surface area (TPSA) is 95.5 Å². The monoisotopic (exact) mass is 319 g/mol. The lowest BCUT2D eigenvalue weighted by molar-refractivity contribution is -0.154. The summed E-state index contributed by atoms with van der Waals surface area (Å²) in [6.07, 6.45) is -1.02. The summed E-state index contributed by atoms with van der Waals surface area (Å²) in [6.45, 7) is 0.467. The molecule has 1 saturated heterocycles. The summed E-state index contributed by atoms with van der Waals surface area (Å²) in [5, 5.41) is 15.7. The van der Waals surface area contributed by atoms with Crippen LogP contribution in [0.1, 0.15) is 10.5 Å². The van der Waals surface area contributed by atoms with Crippen LogP contribution in [0.4, 0.5) is 4.39 Å². The maximum atomic E-state index is 12.9. The Balaban J connectivity index is 1.75. The van der Waals surface area contributed by atoms with Gasteiger partial charge in [-0.15, -0.1) is 0 Å². The van der Waals surface area contributed by atoms with E-state index in [0.717, 1.165) is 0 Å². The predicted octanol–water partition coefficient (Wildman–Crippen LogP) is 1.14. The molecule has 23 heavy (non-hydrogen) atoms. The number of H-pyrrole nitrogens is 1. The number of nitrogens with one attached hydrogen (secondary N) is 1. The van der Waals surface area contributed by atoms with Gasteiger partial charge < -0.3 is 14.7 Å². The zero-order valence-electron chi connectivity index (χ0n) is 12.0. The SMILES string of the molecule is O=C(O)C1CN(C(=O)c2cc(-c3ccc(F)cc3)n[nH]2)CCO1. The van der Waals surface area contributed by atoms with Crippen LogP contribution in [0.15, 0.2) is 30.3 Å². The number of ether oxygens (including phenoxy) is 1. The molecule has 3 rings (SSSR count). The van der Waals surface area contributed by atoms with Gasteiger partial charge in [-0.2, -0.15) is 5.10 Å². The second-order valence-corrected chi connectivity index (χ2v) is 5.12. The van der Waals surface area contributed by atoms with E-state index < -0.39 is 12.1 Å². The number of halogens is 1. The molecule has 2 heterocycles. The van der Waals surface area contributed by atoms with Gasteiger partial charge in [-0.1, -0.05) is 0 Å². The number of carbonyl (C=O) groups is 2. The average Bonchev–Trinajstić information content (AvgIpc) is 3.05. The van der Waals surface area contributed by atoms with Gasteiger partial charge in [0.2, 0.25) is 0 Å². The van der Waals surface area contributed by atoms with Crippen molar-refractivity contribution in [1.29, 1.82) is 0 Å². The van der Waals surface area contributed by atoms with E-state index in [1.807, 2.05) is 0 Å². The van der Waals surface area contributed by atoms with Crippen molar-refractivity contribution in [1.82, 2.24) is 15.1 Å². The number of carboxylic acid groups (broad SMARTS) is 1. The Morgan fingerprint density at radius 3 is 2.78 bits per heavy atom. The van der Waals surface area contributed by atoms with Crippen molar-refractivity contribution in [2.24, 2.45) is 0 Å². The van der Waals surface area contributed by atoms with E-state index in [0.29, 0.717) is 17.8 Å². The molecule has 2 N–H and O–H groups in total. The number of aliphatic carboxylic acids is 1. The van der Waals surface area contributed by atoms with E-state index in [4.69, 9.17) is 9.84 Å². The Morgan fingerprint density at radius 1 is 1.35 bits per heavy atom. The molecule has 0 radical (unpaired) electrons. The Labute approximate surface area is 130 Å². The van der Waals surface area contributed by atoms with Gasteiger partial charge in [0.25, 0.3) is 5.91 Å². The highest BCUT2D eigenvalue weighted by Crippen LogP contribution is 2.19. The molecule has 0 bridgehead atoms. The highest BCUT2D eigenvalue weighted by molar-refractivity contribution is 5.93. The number of rotatable bonds is 3. The summed E-state index contributed by atoms with van der Waals surface area (Å²) < 4.78 is 18.0. The largest absolute Gasteiger partial charge is 0.479 e. The van der Waals surface area contributed by atoms with Crippen LogP contribution >= 0.6 is 0 Å². The van der Waals surface area contributed by atoms with Crippen molar-refractivity contribution in [3.05, 3.63) is 41.8 Å². The molecule has 1 atom stereocenters. The third kappa shape index (κ3) is 3.21. The van der Waals surface area contributed by atoms with E-state index in [1.54, 1.807) is 18.2 Å². The highest BCUT2D eigenvalue weighted by Gasteiger charge is 2.30. The van der Waals surface area contributed by atoms with Crippen molar-refractivity contribution >= 4 is 11.9 Å².